The van der Waals surface area contributed by atoms with E-state index in [2.05, 4.69) is 118 Å². The molecule has 0 aromatic heterocycles. The fraction of sp³-hybridized carbons (Fsp3) is 0.763. The minimum atomic E-state index is 0. The van der Waals surface area contributed by atoms with E-state index in [1.165, 1.54) is 288 Å². The molecule has 0 saturated carbocycles. The number of hydrogen-bond donors (Lipinski definition) is 0. The average Bonchev–Trinajstić information content (AvgIpc) is 3.43. The van der Waals surface area contributed by atoms with Crippen molar-refractivity contribution in [3.8, 4) is 0 Å². The number of hydrogen-bond acceptors (Lipinski definition) is 0. The Morgan fingerprint density at radius 2 is 0.671 bits per heavy atom. The first-order chi connectivity index (χ1) is 38.2. The number of aryl methyl sites for hydroxylation is 4. The van der Waals surface area contributed by atoms with E-state index in [-0.39, 0.29) is 20.4 Å². The van der Waals surface area contributed by atoms with Crippen LogP contribution in [0, 0.1) is 34.6 Å². The van der Waals surface area contributed by atoms with Crippen LogP contribution in [-0.2, 0) is 39.7 Å². The van der Waals surface area contributed by atoms with Crippen molar-refractivity contribution in [1.29, 1.82) is 0 Å². The van der Waals surface area contributed by atoms with Gasteiger partial charge in [0.15, 0.2) is 0 Å². The third kappa shape index (κ3) is 41.6. The van der Waals surface area contributed by atoms with Crippen LogP contribution < -0.4 is 0 Å². The number of rotatable bonds is 49. The molecule has 0 unspecified atom stereocenters. The van der Waals surface area contributed by atoms with Crippen LogP contribution in [0.3, 0.4) is 0 Å². The molecule has 0 radical (unpaired) electrons. The molecule has 2 nitrogen and oxygen atoms in total. The average molecular weight is 1180 g/mol. The van der Waals surface area contributed by atoms with Gasteiger partial charge in [0.25, 0.3) is 0 Å². The van der Waals surface area contributed by atoms with Crippen molar-refractivity contribution in [2.45, 2.75) is 377 Å². The van der Waals surface area contributed by atoms with Crippen LogP contribution in [0.2, 0.25) is 0 Å². The Labute approximate surface area is 510 Å². The molecule has 0 spiro atoms. The molecule has 458 valence electrons. The van der Waals surface area contributed by atoms with Crippen LogP contribution in [0.25, 0.3) is 11.1 Å². The molecule has 0 atom stereocenters. The summed E-state index contributed by atoms with van der Waals surface area (Å²) in [4.78, 5) is 3.53. The summed E-state index contributed by atoms with van der Waals surface area (Å²) in [6, 6.07) is 9.83. The number of benzene rings is 2. The van der Waals surface area contributed by atoms with Crippen LogP contribution in [0.4, 0.5) is 0 Å². The zero-order valence-corrected chi connectivity index (χ0v) is 56.4. The van der Waals surface area contributed by atoms with Crippen molar-refractivity contribution in [3.63, 3.8) is 0 Å². The van der Waals surface area contributed by atoms with Gasteiger partial charge in [0.05, 0.1) is 5.57 Å². The van der Waals surface area contributed by atoms with E-state index in [1.54, 1.807) is 5.56 Å². The van der Waals surface area contributed by atoms with Crippen molar-refractivity contribution in [3.05, 3.63) is 99.3 Å². The van der Waals surface area contributed by atoms with E-state index in [1.807, 2.05) is 0 Å². The van der Waals surface area contributed by atoms with Gasteiger partial charge in [-0.25, -0.2) is 0 Å². The first kappa shape index (κ1) is 79.1. The maximum atomic E-state index is 9.84. The van der Waals surface area contributed by atoms with Gasteiger partial charge in [-0.3, -0.25) is 0 Å². The van der Waals surface area contributed by atoms with Crippen LogP contribution in [-0.4, -0.2) is 10.7 Å². The molecule has 0 bridgehead atoms. The maximum Gasteiger partial charge on any atom is 2.00 e. The zero-order chi connectivity index (χ0) is 57.5. The van der Waals surface area contributed by atoms with E-state index in [0.29, 0.717) is 0 Å². The number of unbranched alkanes of at least 4 members (excludes halogenated alkanes) is 36. The third-order valence-electron chi connectivity index (χ3n) is 16.6. The first-order valence-electron chi connectivity index (χ1n) is 34.7. The van der Waals surface area contributed by atoms with Gasteiger partial charge in [0.1, 0.15) is 0 Å². The molecule has 0 aliphatic heterocycles. The van der Waals surface area contributed by atoms with E-state index < -0.39 is 0 Å². The van der Waals surface area contributed by atoms with E-state index in [9.17, 15) is 5.53 Å². The summed E-state index contributed by atoms with van der Waals surface area (Å²) in [6.45, 7) is 30.5. The van der Waals surface area contributed by atoms with Crippen molar-refractivity contribution in [2.24, 2.45) is 0 Å². The molecule has 3 heteroatoms. The van der Waals surface area contributed by atoms with Crippen LogP contribution >= 0.6 is 0 Å². The van der Waals surface area contributed by atoms with Crippen LogP contribution in [0.1, 0.15) is 382 Å². The van der Waals surface area contributed by atoms with Gasteiger partial charge >= 0.3 is 26.3 Å². The molecular weight excluding hydrogens is 1050 g/mol. The molecule has 2 aromatic rings. The fourth-order valence-corrected chi connectivity index (χ4v) is 11.5. The minimum absolute atomic E-state index is 0. The smallest absolute Gasteiger partial charge is 0.348 e. The van der Waals surface area contributed by atoms with Crippen LogP contribution in [0.5, 0.6) is 0 Å². The summed E-state index contributed by atoms with van der Waals surface area (Å²) >= 11 is 0. The monoisotopic (exact) mass is 1180 g/mol. The van der Waals surface area contributed by atoms with Gasteiger partial charge in [-0.2, -0.15) is 12.8 Å². The molecule has 2 aromatic carbocycles. The predicted octanol–water partition coefficient (Wildman–Crippen LogP) is 26.2. The van der Waals surface area contributed by atoms with Crippen molar-refractivity contribution >= 4 is 11.4 Å². The molecule has 0 fully saturated rings. The molecule has 0 aliphatic rings. The molecule has 0 heterocycles. The Morgan fingerprint density at radius 1 is 0.380 bits per heavy atom. The quantitative estimate of drug-likeness (QED) is 0.0120. The zero-order valence-electron chi connectivity index (χ0n) is 54.9. The van der Waals surface area contributed by atoms with Gasteiger partial charge in [-0.1, -0.05) is 323 Å². The molecular formula is C76H134N2Pd. The second-order valence-electron chi connectivity index (χ2n) is 24.0. The Bertz CT molecular complexity index is 1670. The van der Waals surface area contributed by atoms with Crippen molar-refractivity contribution in [2.75, 3.05) is 0 Å². The summed E-state index contributed by atoms with van der Waals surface area (Å²) in [5.74, 6) is 3.11. The SMILES string of the molecule is CCCCCCC(=C=[N+]=[N-])C(CCCCCC)=C(c1cc(C)c(C)c(C)c1)c1cc(CCC)c(CCC)c(CCC)c1.[CH2-]CCCCCCCCCCCCCCCCC.[CH2-]CCCCCCCCCCCCCCCCC.[Pd+2]. The van der Waals surface area contributed by atoms with E-state index >= 15 is 0 Å². The van der Waals surface area contributed by atoms with Crippen molar-refractivity contribution in [1.82, 2.24) is 0 Å². The Morgan fingerprint density at radius 3 is 0.975 bits per heavy atom. The minimum Gasteiger partial charge on any atom is -0.348 e. The Kier molecular flexibility index (Phi) is 59.2. The summed E-state index contributed by atoms with van der Waals surface area (Å²) in [5.41, 5.74) is 24.9. The van der Waals surface area contributed by atoms with Gasteiger partial charge in [0, 0.05) is 0 Å². The Balaban J connectivity index is 0. The summed E-state index contributed by atoms with van der Waals surface area (Å²) < 4.78 is 0. The molecule has 0 saturated heterocycles. The summed E-state index contributed by atoms with van der Waals surface area (Å²) in [6.07, 6.45) is 64.0. The molecule has 2 rings (SSSR count). The molecule has 0 amide bonds. The molecule has 0 N–H and O–H groups in total. The predicted molar refractivity (Wildman–Crippen MR) is 355 cm³/mol. The molecule has 0 aliphatic carbocycles. The third-order valence-corrected chi connectivity index (χ3v) is 16.6. The number of allylic oxidation sites excluding steroid dienone is 2. The van der Waals surface area contributed by atoms with Crippen molar-refractivity contribution < 1.29 is 25.2 Å². The standard InChI is InChI=1S/C40H60N2.2C18H37.Pd/c1-9-14-16-18-23-35(29-42-41)39(24-19-17-15-10-2)40(36-25-30(6)32(8)31(7)26-36)37-27-33(20-11-3)38(22-13-5)34(28-37)21-12-4;2*1-3-5-7-9-11-13-15-17-18-16-14-12-10-8-6-4-2;/h25-28H,9-24H2,1-8H3;2*1,3-18H2,2H3;/q;2*-1;+2. The first-order valence-corrected chi connectivity index (χ1v) is 34.7. The number of nitrogens with zero attached hydrogens (tertiary/aromatic N) is 2. The van der Waals surface area contributed by atoms with Gasteiger partial charge in [0.2, 0.25) is 0 Å². The summed E-state index contributed by atoms with van der Waals surface area (Å²) in [5, 5.41) is 0. The van der Waals surface area contributed by atoms with Crippen LogP contribution in [0.15, 0.2) is 35.4 Å². The maximum absolute atomic E-state index is 9.84. The second-order valence-corrected chi connectivity index (χ2v) is 24.0. The van der Waals surface area contributed by atoms with Gasteiger partial charge in [-0.05, 0) is 121 Å². The second kappa shape index (κ2) is 59.2. The Hall–Kier alpha value is -2.00. The van der Waals surface area contributed by atoms with E-state index in [4.69, 9.17) is 0 Å². The molecule has 79 heavy (non-hydrogen) atoms. The largest absolute Gasteiger partial charge is 2.00 e. The summed E-state index contributed by atoms with van der Waals surface area (Å²) in [7, 11) is 0. The van der Waals surface area contributed by atoms with E-state index in [0.717, 1.165) is 76.2 Å². The van der Waals surface area contributed by atoms with Gasteiger partial charge < -0.3 is 19.4 Å². The normalized spacial score (nSPS) is 11.2. The topological polar surface area (TPSA) is 36.4 Å². The fourth-order valence-electron chi connectivity index (χ4n) is 11.5. The van der Waals surface area contributed by atoms with Gasteiger partial charge in [-0.15, -0.1) is 4.79 Å².